The standard InChI is InChI=1S/C14H25N3O/c1-14(2,5-7-18-3)11-16-10-12-4-6-17-13(8-12)9-15/h4,6,8,16H,5,7,9-11,15H2,1-3H3. The van der Waals surface area contributed by atoms with Crippen LogP contribution in [0.2, 0.25) is 0 Å². The molecular formula is C14H25N3O. The first-order valence-electron chi connectivity index (χ1n) is 6.41. The van der Waals surface area contributed by atoms with Crippen LogP contribution in [0.25, 0.3) is 0 Å². The summed E-state index contributed by atoms with van der Waals surface area (Å²) < 4.78 is 5.12. The van der Waals surface area contributed by atoms with Gasteiger partial charge in [-0.15, -0.1) is 0 Å². The summed E-state index contributed by atoms with van der Waals surface area (Å²) in [5.41, 5.74) is 7.99. The summed E-state index contributed by atoms with van der Waals surface area (Å²) >= 11 is 0. The Morgan fingerprint density at radius 3 is 2.89 bits per heavy atom. The van der Waals surface area contributed by atoms with Crippen LogP contribution in [0.4, 0.5) is 0 Å². The fraction of sp³-hybridized carbons (Fsp3) is 0.643. The van der Waals surface area contributed by atoms with E-state index in [1.165, 1.54) is 5.56 Å². The summed E-state index contributed by atoms with van der Waals surface area (Å²) in [6.07, 6.45) is 2.87. The van der Waals surface area contributed by atoms with Crippen molar-refractivity contribution in [3.8, 4) is 0 Å². The second-order valence-corrected chi connectivity index (χ2v) is 5.37. The molecule has 0 saturated heterocycles. The number of rotatable bonds is 8. The molecule has 0 aliphatic carbocycles. The highest BCUT2D eigenvalue weighted by molar-refractivity contribution is 5.16. The first-order chi connectivity index (χ1) is 8.57. The highest BCUT2D eigenvalue weighted by Crippen LogP contribution is 2.18. The molecule has 0 aliphatic rings. The van der Waals surface area contributed by atoms with Crippen LogP contribution in [0, 0.1) is 5.41 Å². The average Bonchev–Trinajstić information content (AvgIpc) is 2.36. The fourth-order valence-corrected chi connectivity index (χ4v) is 1.76. The largest absolute Gasteiger partial charge is 0.385 e. The van der Waals surface area contributed by atoms with Gasteiger partial charge in [-0.25, -0.2) is 0 Å². The van der Waals surface area contributed by atoms with Crippen molar-refractivity contribution in [2.45, 2.75) is 33.4 Å². The quantitative estimate of drug-likeness (QED) is 0.738. The van der Waals surface area contributed by atoms with Crippen LogP contribution in [-0.2, 0) is 17.8 Å². The SMILES string of the molecule is COCCC(C)(C)CNCc1ccnc(CN)c1. The molecule has 102 valence electrons. The summed E-state index contributed by atoms with van der Waals surface area (Å²) in [7, 11) is 1.74. The molecule has 0 radical (unpaired) electrons. The molecule has 1 aromatic rings. The predicted octanol–water partition coefficient (Wildman–Crippen LogP) is 1.69. The maximum atomic E-state index is 5.57. The van der Waals surface area contributed by atoms with Gasteiger partial charge in [-0.3, -0.25) is 4.98 Å². The predicted molar refractivity (Wildman–Crippen MR) is 74.1 cm³/mol. The van der Waals surface area contributed by atoms with E-state index in [-0.39, 0.29) is 5.41 Å². The van der Waals surface area contributed by atoms with Crippen LogP contribution in [-0.4, -0.2) is 25.2 Å². The van der Waals surface area contributed by atoms with Gasteiger partial charge in [0.05, 0.1) is 5.69 Å². The molecule has 0 amide bonds. The number of ether oxygens (including phenoxy) is 1. The van der Waals surface area contributed by atoms with E-state index in [0.29, 0.717) is 6.54 Å². The molecule has 18 heavy (non-hydrogen) atoms. The second-order valence-electron chi connectivity index (χ2n) is 5.37. The molecule has 0 aromatic carbocycles. The Balaban J connectivity index is 2.36. The lowest BCUT2D eigenvalue weighted by Crippen LogP contribution is -2.30. The smallest absolute Gasteiger partial charge is 0.0542 e. The molecule has 4 heteroatoms. The van der Waals surface area contributed by atoms with Crippen molar-refractivity contribution >= 4 is 0 Å². The molecule has 1 rings (SSSR count). The van der Waals surface area contributed by atoms with Crippen LogP contribution in [0.1, 0.15) is 31.5 Å². The molecular weight excluding hydrogens is 226 g/mol. The lowest BCUT2D eigenvalue weighted by atomic mass is 9.89. The highest BCUT2D eigenvalue weighted by atomic mass is 16.5. The van der Waals surface area contributed by atoms with E-state index in [1.807, 2.05) is 12.3 Å². The summed E-state index contributed by atoms with van der Waals surface area (Å²) in [5, 5.41) is 3.48. The Bertz CT molecular complexity index is 353. The van der Waals surface area contributed by atoms with Gasteiger partial charge in [-0.2, -0.15) is 0 Å². The van der Waals surface area contributed by atoms with Crippen molar-refractivity contribution < 1.29 is 4.74 Å². The number of methoxy groups -OCH3 is 1. The summed E-state index contributed by atoms with van der Waals surface area (Å²) in [4.78, 5) is 4.19. The second kappa shape index (κ2) is 7.46. The van der Waals surface area contributed by atoms with E-state index in [1.54, 1.807) is 7.11 Å². The average molecular weight is 251 g/mol. The number of hydrogen-bond donors (Lipinski definition) is 2. The first kappa shape index (κ1) is 15.1. The van der Waals surface area contributed by atoms with Crippen molar-refractivity contribution in [1.29, 1.82) is 0 Å². The van der Waals surface area contributed by atoms with E-state index in [0.717, 1.165) is 31.8 Å². The van der Waals surface area contributed by atoms with Crippen molar-refractivity contribution in [3.05, 3.63) is 29.6 Å². The molecule has 0 fully saturated rings. The van der Waals surface area contributed by atoms with E-state index in [9.17, 15) is 0 Å². The minimum Gasteiger partial charge on any atom is -0.385 e. The van der Waals surface area contributed by atoms with E-state index in [2.05, 4.69) is 30.2 Å². The molecule has 4 nitrogen and oxygen atoms in total. The monoisotopic (exact) mass is 251 g/mol. The van der Waals surface area contributed by atoms with Gasteiger partial charge in [0.25, 0.3) is 0 Å². The molecule has 0 unspecified atom stereocenters. The number of hydrogen-bond acceptors (Lipinski definition) is 4. The van der Waals surface area contributed by atoms with Gasteiger partial charge in [0.1, 0.15) is 0 Å². The Hall–Kier alpha value is -0.970. The molecule has 1 aromatic heterocycles. The first-order valence-corrected chi connectivity index (χ1v) is 6.41. The van der Waals surface area contributed by atoms with E-state index < -0.39 is 0 Å². The van der Waals surface area contributed by atoms with Crippen LogP contribution < -0.4 is 11.1 Å². The fourth-order valence-electron chi connectivity index (χ4n) is 1.76. The number of aromatic nitrogens is 1. The van der Waals surface area contributed by atoms with Gasteiger partial charge < -0.3 is 15.8 Å². The molecule has 0 aliphatic heterocycles. The summed E-state index contributed by atoms with van der Waals surface area (Å²) in [6.45, 7) is 7.62. The Kier molecular flexibility index (Phi) is 6.25. The van der Waals surface area contributed by atoms with Crippen molar-refractivity contribution in [1.82, 2.24) is 10.3 Å². The van der Waals surface area contributed by atoms with Gasteiger partial charge in [0.15, 0.2) is 0 Å². The lowest BCUT2D eigenvalue weighted by molar-refractivity contribution is 0.150. The van der Waals surface area contributed by atoms with Crippen molar-refractivity contribution in [3.63, 3.8) is 0 Å². The minimum atomic E-state index is 0.250. The van der Waals surface area contributed by atoms with E-state index >= 15 is 0 Å². The topological polar surface area (TPSA) is 60.2 Å². The molecule has 0 spiro atoms. The maximum Gasteiger partial charge on any atom is 0.0542 e. The van der Waals surface area contributed by atoms with Gasteiger partial charge in [-0.1, -0.05) is 13.8 Å². The number of nitrogens with two attached hydrogens (primary N) is 1. The van der Waals surface area contributed by atoms with Crippen molar-refractivity contribution in [2.75, 3.05) is 20.3 Å². The maximum absolute atomic E-state index is 5.57. The molecule has 0 atom stereocenters. The minimum absolute atomic E-state index is 0.250. The van der Waals surface area contributed by atoms with Crippen LogP contribution >= 0.6 is 0 Å². The Morgan fingerprint density at radius 1 is 1.44 bits per heavy atom. The third-order valence-corrected chi connectivity index (χ3v) is 3.01. The normalized spacial score (nSPS) is 11.8. The van der Waals surface area contributed by atoms with Crippen LogP contribution in [0.15, 0.2) is 18.3 Å². The van der Waals surface area contributed by atoms with Crippen molar-refractivity contribution in [2.24, 2.45) is 11.1 Å². The van der Waals surface area contributed by atoms with Gasteiger partial charge in [-0.05, 0) is 29.5 Å². The number of nitrogens with one attached hydrogen (secondary N) is 1. The zero-order valence-electron chi connectivity index (χ0n) is 11.7. The van der Waals surface area contributed by atoms with Crippen LogP contribution in [0.3, 0.4) is 0 Å². The van der Waals surface area contributed by atoms with E-state index in [4.69, 9.17) is 10.5 Å². The molecule has 0 saturated carbocycles. The van der Waals surface area contributed by atoms with Crippen LogP contribution in [0.5, 0.6) is 0 Å². The highest BCUT2D eigenvalue weighted by Gasteiger charge is 2.16. The molecule has 3 N–H and O–H groups in total. The number of pyridine rings is 1. The molecule has 1 heterocycles. The van der Waals surface area contributed by atoms with Gasteiger partial charge >= 0.3 is 0 Å². The number of nitrogens with zero attached hydrogens (tertiary/aromatic N) is 1. The third-order valence-electron chi connectivity index (χ3n) is 3.01. The zero-order valence-corrected chi connectivity index (χ0v) is 11.7. The van der Waals surface area contributed by atoms with Gasteiger partial charge in [0.2, 0.25) is 0 Å². The zero-order chi connectivity index (χ0) is 13.4. The third kappa shape index (κ3) is 5.58. The summed E-state index contributed by atoms with van der Waals surface area (Å²) in [6, 6.07) is 4.07. The molecule has 0 bridgehead atoms. The van der Waals surface area contributed by atoms with Gasteiger partial charge in [0, 0.05) is 39.5 Å². The summed E-state index contributed by atoms with van der Waals surface area (Å²) in [5.74, 6) is 0. The lowest BCUT2D eigenvalue weighted by Gasteiger charge is -2.24. The Labute approximate surface area is 110 Å². The Morgan fingerprint density at radius 2 is 2.22 bits per heavy atom.